The molecule has 1 unspecified atom stereocenters. The second kappa shape index (κ2) is 6.12. The van der Waals surface area contributed by atoms with Crippen molar-refractivity contribution in [3.05, 3.63) is 35.1 Å². The van der Waals surface area contributed by atoms with Crippen LogP contribution in [0.15, 0.2) is 18.2 Å². The van der Waals surface area contributed by atoms with Crippen LogP contribution >= 0.6 is 0 Å². The first-order chi connectivity index (χ1) is 8.77. The predicted octanol–water partition coefficient (Wildman–Crippen LogP) is 0.848. The summed E-state index contributed by atoms with van der Waals surface area (Å²) in [6.45, 7) is 5.81. The van der Waals surface area contributed by atoms with Crippen LogP contribution in [0.5, 0.6) is 0 Å². The third-order valence-electron chi connectivity index (χ3n) is 3.17. The summed E-state index contributed by atoms with van der Waals surface area (Å²) < 4.78 is 13.2. The van der Waals surface area contributed by atoms with Crippen LogP contribution in [0.25, 0.3) is 0 Å². The van der Waals surface area contributed by atoms with Crippen molar-refractivity contribution >= 4 is 5.91 Å². The zero-order chi connectivity index (χ0) is 14.6. The molecule has 0 saturated heterocycles. The van der Waals surface area contributed by atoms with Gasteiger partial charge in [-0.05, 0) is 24.1 Å². The lowest BCUT2D eigenvalue weighted by atomic mass is 9.84. The molecule has 106 valence electrons. The van der Waals surface area contributed by atoms with E-state index in [0.29, 0.717) is 12.1 Å². The summed E-state index contributed by atoms with van der Waals surface area (Å²) in [6, 6.07) is 4.89. The standard InChI is InChI=1S/C14H21FN2O2/c1-9-6-10(4-5-11(9)15)14(2,3)8-17-13(19)12(18)7-16/h4-6,12,18H,7-8,16H2,1-3H3,(H,17,19). The minimum absolute atomic E-state index is 0.109. The summed E-state index contributed by atoms with van der Waals surface area (Å²) in [4.78, 5) is 11.5. The van der Waals surface area contributed by atoms with E-state index in [9.17, 15) is 14.3 Å². The first-order valence-corrected chi connectivity index (χ1v) is 6.20. The van der Waals surface area contributed by atoms with E-state index >= 15 is 0 Å². The molecule has 0 spiro atoms. The molecule has 0 aliphatic rings. The second-order valence-electron chi connectivity index (χ2n) is 5.32. The molecule has 4 nitrogen and oxygen atoms in total. The maximum Gasteiger partial charge on any atom is 0.250 e. The number of aryl methyl sites for hydroxylation is 1. The Balaban J connectivity index is 2.75. The van der Waals surface area contributed by atoms with E-state index < -0.39 is 12.0 Å². The Hall–Kier alpha value is -1.46. The molecule has 1 atom stereocenters. The van der Waals surface area contributed by atoms with Crippen LogP contribution in [-0.2, 0) is 10.2 Å². The Morgan fingerprint density at radius 3 is 2.68 bits per heavy atom. The maximum absolute atomic E-state index is 13.2. The van der Waals surface area contributed by atoms with Crippen LogP contribution in [0.3, 0.4) is 0 Å². The number of aliphatic hydroxyl groups is 1. The van der Waals surface area contributed by atoms with Gasteiger partial charge in [0.05, 0.1) is 0 Å². The number of nitrogens with one attached hydrogen (secondary N) is 1. The Morgan fingerprint density at radius 1 is 1.53 bits per heavy atom. The van der Waals surface area contributed by atoms with E-state index in [-0.39, 0.29) is 17.8 Å². The summed E-state index contributed by atoms with van der Waals surface area (Å²) in [5.74, 6) is -0.739. The lowest BCUT2D eigenvalue weighted by Crippen LogP contribution is -2.44. The summed E-state index contributed by atoms with van der Waals surface area (Å²) in [5, 5.41) is 11.9. The van der Waals surface area contributed by atoms with Gasteiger partial charge in [-0.2, -0.15) is 0 Å². The van der Waals surface area contributed by atoms with Crippen molar-refractivity contribution in [2.45, 2.75) is 32.3 Å². The predicted molar refractivity (Wildman–Crippen MR) is 72.2 cm³/mol. The Morgan fingerprint density at radius 2 is 2.16 bits per heavy atom. The molecular weight excluding hydrogens is 247 g/mol. The van der Waals surface area contributed by atoms with Crippen molar-refractivity contribution in [3.8, 4) is 0 Å². The van der Waals surface area contributed by atoms with Crippen LogP contribution in [0.1, 0.15) is 25.0 Å². The molecule has 0 heterocycles. The highest BCUT2D eigenvalue weighted by atomic mass is 19.1. The fourth-order valence-electron chi connectivity index (χ4n) is 1.70. The van der Waals surface area contributed by atoms with Gasteiger partial charge in [0.1, 0.15) is 11.9 Å². The third-order valence-corrected chi connectivity index (χ3v) is 3.17. The first kappa shape index (κ1) is 15.6. The average Bonchev–Trinajstić information content (AvgIpc) is 2.38. The maximum atomic E-state index is 13.2. The van der Waals surface area contributed by atoms with E-state index in [4.69, 9.17) is 5.73 Å². The monoisotopic (exact) mass is 268 g/mol. The van der Waals surface area contributed by atoms with E-state index in [1.807, 2.05) is 13.8 Å². The summed E-state index contributed by atoms with van der Waals surface area (Å²) in [7, 11) is 0. The number of nitrogens with two attached hydrogens (primary N) is 1. The molecule has 5 heteroatoms. The summed E-state index contributed by atoms with van der Waals surface area (Å²) in [5.41, 5.74) is 6.34. The lowest BCUT2D eigenvalue weighted by molar-refractivity contribution is -0.129. The molecule has 0 bridgehead atoms. The van der Waals surface area contributed by atoms with Crippen LogP contribution in [0.4, 0.5) is 4.39 Å². The van der Waals surface area contributed by atoms with Crippen molar-refractivity contribution in [2.75, 3.05) is 13.1 Å². The zero-order valence-corrected chi connectivity index (χ0v) is 11.5. The molecule has 4 N–H and O–H groups in total. The van der Waals surface area contributed by atoms with Gasteiger partial charge in [0.2, 0.25) is 5.91 Å². The van der Waals surface area contributed by atoms with E-state index in [2.05, 4.69) is 5.32 Å². The van der Waals surface area contributed by atoms with Gasteiger partial charge < -0.3 is 16.2 Å². The molecule has 0 aliphatic carbocycles. The van der Waals surface area contributed by atoms with E-state index in [1.165, 1.54) is 6.07 Å². The van der Waals surface area contributed by atoms with Crippen LogP contribution in [0.2, 0.25) is 0 Å². The van der Waals surface area contributed by atoms with Gasteiger partial charge in [-0.25, -0.2) is 4.39 Å². The molecule has 19 heavy (non-hydrogen) atoms. The number of aliphatic hydroxyl groups excluding tert-OH is 1. The first-order valence-electron chi connectivity index (χ1n) is 6.20. The molecule has 0 aliphatic heterocycles. The van der Waals surface area contributed by atoms with E-state index in [1.54, 1.807) is 19.1 Å². The minimum Gasteiger partial charge on any atom is -0.382 e. The number of hydrogen-bond acceptors (Lipinski definition) is 3. The quantitative estimate of drug-likeness (QED) is 0.741. The van der Waals surface area contributed by atoms with Gasteiger partial charge in [0.25, 0.3) is 0 Å². The van der Waals surface area contributed by atoms with Gasteiger partial charge in [-0.15, -0.1) is 0 Å². The fraction of sp³-hybridized carbons (Fsp3) is 0.500. The molecule has 0 radical (unpaired) electrons. The average molecular weight is 268 g/mol. The number of carbonyl (C=O) groups is 1. The van der Waals surface area contributed by atoms with Crippen molar-refractivity contribution in [1.29, 1.82) is 0 Å². The Bertz CT molecular complexity index is 461. The van der Waals surface area contributed by atoms with Crippen LogP contribution in [-0.4, -0.2) is 30.2 Å². The van der Waals surface area contributed by atoms with Gasteiger partial charge in [0.15, 0.2) is 0 Å². The lowest BCUT2D eigenvalue weighted by Gasteiger charge is -2.26. The second-order valence-corrected chi connectivity index (χ2v) is 5.32. The van der Waals surface area contributed by atoms with Gasteiger partial charge >= 0.3 is 0 Å². The summed E-state index contributed by atoms with van der Waals surface area (Å²) in [6.07, 6.45) is -1.19. The van der Waals surface area contributed by atoms with Crippen molar-refractivity contribution < 1.29 is 14.3 Å². The van der Waals surface area contributed by atoms with Crippen LogP contribution < -0.4 is 11.1 Å². The largest absolute Gasteiger partial charge is 0.382 e. The van der Waals surface area contributed by atoms with Crippen molar-refractivity contribution in [2.24, 2.45) is 5.73 Å². The SMILES string of the molecule is Cc1cc(C(C)(C)CNC(=O)C(O)CN)ccc1F. The topological polar surface area (TPSA) is 75.3 Å². The van der Waals surface area contributed by atoms with Gasteiger partial charge in [0, 0.05) is 18.5 Å². The summed E-state index contributed by atoms with van der Waals surface area (Å²) >= 11 is 0. The molecule has 1 aromatic carbocycles. The third kappa shape index (κ3) is 4.01. The van der Waals surface area contributed by atoms with Crippen LogP contribution in [0, 0.1) is 12.7 Å². The van der Waals surface area contributed by atoms with Gasteiger partial charge in [-0.3, -0.25) is 4.79 Å². The molecule has 0 fully saturated rings. The number of rotatable bonds is 5. The fourth-order valence-corrected chi connectivity index (χ4v) is 1.70. The highest BCUT2D eigenvalue weighted by molar-refractivity contribution is 5.80. The number of amides is 1. The molecule has 1 rings (SSSR count). The number of benzene rings is 1. The molecule has 1 aromatic rings. The zero-order valence-electron chi connectivity index (χ0n) is 11.5. The van der Waals surface area contributed by atoms with Crippen molar-refractivity contribution in [3.63, 3.8) is 0 Å². The number of hydrogen-bond donors (Lipinski definition) is 3. The number of carbonyl (C=O) groups excluding carboxylic acids is 1. The minimum atomic E-state index is -1.19. The van der Waals surface area contributed by atoms with Crippen molar-refractivity contribution in [1.82, 2.24) is 5.32 Å². The smallest absolute Gasteiger partial charge is 0.250 e. The molecular formula is C14H21FN2O2. The van der Waals surface area contributed by atoms with E-state index in [0.717, 1.165) is 5.56 Å². The normalized spacial score (nSPS) is 13.2. The molecule has 1 amide bonds. The number of halogens is 1. The van der Waals surface area contributed by atoms with Gasteiger partial charge in [-0.1, -0.05) is 26.0 Å². The Kier molecular flexibility index (Phi) is 5.03. The Labute approximate surface area is 112 Å². The highest BCUT2D eigenvalue weighted by Gasteiger charge is 2.23. The molecule has 0 saturated carbocycles. The molecule has 0 aromatic heterocycles. The highest BCUT2D eigenvalue weighted by Crippen LogP contribution is 2.24.